The highest BCUT2D eigenvalue weighted by Gasteiger charge is 2.23. The Kier molecular flexibility index (Phi) is 8.07. The molecule has 31 heavy (non-hydrogen) atoms. The number of hydrogen-bond donors (Lipinski definition) is 2. The monoisotopic (exact) mass is 443 g/mol. The molecule has 2 aliphatic heterocycles. The first-order valence-electron chi connectivity index (χ1n) is 10.8. The Labute approximate surface area is 189 Å². The second-order valence-electron chi connectivity index (χ2n) is 8.12. The fraction of sp³-hybridized carbons (Fsp3) is 0.417. The van der Waals surface area contributed by atoms with Crippen molar-refractivity contribution in [3.63, 3.8) is 0 Å². The number of rotatable bonds is 6. The van der Waals surface area contributed by atoms with E-state index >= 15 is 0 Å². The molecular formula is C24H30ClN3O3. The number of amides is 2. The molecule has 0 radical (unpaired) electrons. The van der Waals surface area contributed by atoms with Crippen LogP contribution in [0.5, 0.6) is 0 Å². The lowest BCUT2D eigenvalue weighted by Gasteiger charge is -2.35. The first-order valence-corrected chi connectivity index (χ1v) is 10.8. The summed E-state index contributed by atoms with van der Waals surface area (Å²) in [5.74, 6) is 0.0998. The number of nitrogens with one attached hydrogen (secondary N) is 1. The third-order valence-electron chi connectivity index (χ3n) is 6.04. The molecule has 1 saturated heterocycles. The molecular weight excluding hydrogens is 414 g/mol. The number of benzene rings is 2. The van der Waals surface area contributed by atoms with Crippen LogP contribution in [0.3, 0.4) is 0 Å². The number of halogens is 1. The average Bonchev–Trinajstić information content (AvgIpc) is 2.79. The fourth-order valence-electron chi connectivity index (χ4n) is 4.22. The van der Waals surface area contributed by atoms with Gasteiger partial charge in [-0.05, 0) is 55.1 Å². The Bertz CT molecular complexity index is 898. The van der Waals surface area contributed by atoms with Gasteiger partial charge in [0.25, 0.3) is 5.91 Å². The van der Waals surface area contributed by atoms with Gasteiger partial charge < -0.3 is 15.3 Å². The smallest absolute Gasteiger partial charge is 0.253 e. The van der Waals surface area contributed by atoms with Crippen molar-refractivity contribution >= 4 is 29.9 Å². The summed E-state index contributed by atoms with van der Waals surface area (Å²) in [5, 5.41) is 13.2. The lowest BCUT2D eigenvalue weighted by molar-refractivity contribution is -0.116. The molecule has 166 valence electrons. The van der Waals surface area contributed by atoms with E-state index in [9.17, 15) is 14.7 Å². The molecule has 0 aromatic heterocycles. The van der Waals surface area contributed by atoms with Crippen LogP contribution in [0.2, 0.25) is 0 Å². The Morgan fingerprint density at radius 3 is 2.52 bits per heavy atom. The van der Waals surface area contributed by atoms with Gasteiger partial charge in [0, 0.05) is 43.9 Å². The number of piperazine rings is 1. The van der Waals surface area contributed by atoms with E-state index in [1.54, 1.807) is 0 Å². The summed E-state index contributed by atoms with van der Waals surface area (Å²) >= 11 is 0. The summed E-state index contributed by atoms with van der Waals surface area (Å²) < 4.78 is 0. The molecule has 1 fully saturated rings. The van der Waals surface area contributed by atoms with Crippen molar-refractivity contribution in [3.05, 3.63) is 65.2 Å². The molecule has 0 spiro atoms. The summed E-state index contributed by atoms with van der Waals surface area (Å²) in [7, 11) is 0. The maximum Gasteiger partial charge on any atom is 0.253 e. The number of aryl methyl sites for hydroxylation is 1. The van der Waals surface area contributed by atoms with Crippen molar-refractivity contribution in [2.24, 2.45) is 0 Å². The zero-order chi connectivity index (χ0) is 20.9. The normalized spacial score (nSPS) is 17.3. The quantitative estimate of drug-likeness (QED) is 0.718. The second kappa shape index (κ2) is 10.8. The standard InChI is InChI=1S/C24H29N3O3.ClH/c28-22(18-5-2-1-3-6-18)7-4-12-26-13-15-27(16-14-26)24(30)20-8-10-21-19(17-20)9-11-23(29)25-21;/h1-3,5-6,8,10,17,22,28H,4,7,9,11-16H2,(H,25,29);1H. The number of nitrogens with zero attached hydrogens (tertiary/aromatic N) is 2. The van der Waals surface area contributed by atoms with Gasteiger partial charge in [0.2, 0.25) is 5.91 Å². The van der Waals surface area contributed by atoms with Crippen molar-refractivity contribution in [2.75, 3.05) is 38.0 Å². The average molecular weight is 444 g/mol. The van der Waals surface area contributed by atoms with Gasteiger partial charge in [0.15, 0.2) is 0 Å². The highest BCUT2D eigenvalue weighted by Crippen LogP contribution is 2.24. The Morgan fingerprint density at radius 1 is 1.03 bits per heavy atom. The zero-order valence-corrected chi connectivity index (χ0v) is 18.4. The van der Waals surface area contributed by atoms with E-state index in [1.165, 1.54) is 0 Å². The van der Waals surface area contributed by atoms with Gasteiger partial charge >= 0.3 is 0 Å². The van der Waals surface area contributed by atoms with Crippen LogP contribution < -0.4 is 5.32 Å². The molecule has 0 saturated carbocycles. The largest absolute Gasteiger partial charge is 0.388 e. The summed E-state index contributed by atoms with van der Waals surface area (Å²) in [5.41, 5.74) is 3.53. The minimum absolute atomic E-state index is 0. The molecule has 1 unspecified atom stereocenters. The van der Waals surface area contributed by atoms with Gasteiger partial charge in [-0.1, -0.05) is 30.3 Å². The Balaban J connectivity index is 0.00000272. The number of aliphatic hydroxyl groups is 1. The van der Waals surface area contributed by atoms with Crippen LogP contribution in [0.25, 0.3) is 0 Å². The third kappa shape index (κ3) is 5.85. The molecule has 0 aliphatic carbocycles. The summed E-state index contributed by atoms with van der Waals surface area (Å²) in [6, 6.07) is 15.4. The Hall–Kier alpha value is -2.41. The van der Waals surface area contributed by atoms with Crippen LogP contribution in [0.1, 0.15) is 46.9 Å². The predicted molar refractivity (Wildman–Crippen MR) is 124 cm³/mol. The summed E-state index contributed by atoms with van der Waals surface area (Å²) in [6.45, 7) is 4.08. The molecule has 6 nitrogen and oxygen atoms in total. The van der Waals surface area contributed by atoms with Gasteiger partial charge in [0.05, 0.1) is 6.10 Å². The first-order chi connectivity index (χ1) is 14.6. The lowest BCUT2D eigenvalue weighted by Crippen LogP contribution is -2.48. The van der Waals surface area contributed by atoms with E-state index < -0.39 is 6.10 Å². The summed E-state index contributed by atoms with van der Waals surface area (Å²) in [6.07, 6.45) is 2.42. The first kappa shape index (κ1) is 23.3. The van der Waals surface area contributed by atoms with E-state index in [0.29, 0.717) is 31.5 Å². The van der Waals surface area contributed by atoms with E-state index in [4.69, 9.17) is 0 Å². The van der Waals surface area contributed by atoms with Crippen LogP contribution >= 0.6 is 12.4 Å². The molecule has 0 bridgehead atoms. The van der Waals surface area contributed by atoms with Crippen molar-refractivity contribution in [2.45, 2.75) is 31.8 Å². The molecule has 1 atom stereocenters. The maximum absolute atomic E-state index is 12.9. The van der Waals surface area contributed by atoms with Crippen LogP contribution in [-0.4, -0.2) is 59.4 Å². The number of fused-ring (bicyclic) bond motifs is 1. The van der Waals surface area contributed by atoms with Crippen molar-refractivity contribution in [1.82, 2.24) is 9.80 Å². The molecule has 2 aliphatic rings. The molecule has 2 aromatic carbocycles. The SMILES string of the molecule is Cl.O=C1CCc2cc(C(=O)N3CCN(CCCC(O)c4ccccc4)CC3)ccc2N1. The van der Waals surface area contributed by atoms with E-state index in [0.717, 1.165) is 49.3 Å². The van der Waals surface area contributed by atoms with Gasteiger partial charge in [-0.25, -0.2) is 0 Å². The number of carbonyl (C=O) groups is 2. The van der Waals surface area contributed by atoms with E-state index in [1.807, 2.05) is 53.4 Å². The van der Waals surface area contributed by atoms with E-state index in [-0.39, 0.29) is 24.2 Å². The lowest BCUT2D eigenvalue weighted by atomic mass is 10.00. The number of anilines is 1. The van der Waals surface area contributed by atoms with Gasteiger partial charge in [0.1, 0.15) is 0 Å². The topological polar surface area (TPSA) is 72.9 Å². The maximum atomic E-state index is 12.9. The minimum atomic E-state index is -0.414. The predicted octanol–water partition coefficient (Wildman–Crippen LogP) is 3.26. The van der Waals surface area contributed by atoms with Crippen LogP contribution in [0.15, 0.2) is 48.5 Å². The Morgan fingerprint density at radius 2 is 1.77 bits per heavy atom. The van der Waals surface area contributed by atoms with Gasteiger partial charge in [-0.3, -0.25) is 14.5 Å². The highest BCUT2D eigenvalue weighted by atomic mass is 35.5. The highest BCUT2D eigenvalue weighted by molar-refractivity contribution is 5.98. The molecule has 2 amide bonds. The van der Waals surface area contributed by atoms with Gasteiger partial charge in [-0.2, -0.15) is 0 Å². The van der Waals surface area contributed by atoms with Crippen molar-refractivity contribution < 1.29 is 14.7 Å². The molecule has 4 rings (SSSR count). The van der Waals surface area contributed by atoms with Gasteiger partial charge in [-0.15, -0.1) is 12.4 Å². The molecule has 2 heterocycles. The number of hydrogen-bond acceptors (Lipinski definition) is 4. The van der Waals surface area contributed by atoms with Crippen LogP contribution in [-0.2, 0) is 11.2 Å². The molecule has 2 N–H and O–H groups in total. The molecule has 2 aromatic rings. The van der Waals surface area contributed by atoms with Crippen LogP contribution in [0, 0.1) is 0 Å². The van der Waals surface area contributed by atoms with Crippen LogP contribution in [0.4, 0.5) is 5.69 Å². The minimum Gasteiger partial charge on any atom is -0.388 e. The van der Waals surface area contributed by atoms with Crippen molar-refractivity contribution in [3.8, 4) is 0 Å². The van der Waals surface area contributed by atoms with Crippen molar-refractivity contribution in [1.29, 1.82) is 0 Å². The third-order valence-corrected chi connectivity index (χ3v) is 6.04. The summed E-state index contributed by atoms with van der Waals surface area (Å²) in [4.78, 5) is 28.7. The fourth-order valence-corrected chi connectivity index (χ4v) is 4.22. The number of carbonyl (C=O) groups excluding carboxylic acids is 2. The van der Waals surface area contributed by atoms with E-state index in [2.05, 4.69) is 10.2 Å². The molecule has 7 heteroatoms. The zero-order valence-electron chi connectivity index (χ0n) is 17.6. The number of aliphatic hydroxyl groups excluding tert-OH is 1. The second-order valence-corrected chi connectivity index (χ2v) is 8.12.